The number of unbranched alkanes of at least 4 members (excludes halogenated alkanes) is 1. The Balaban J connectivity index is 0.000000446. The molecule has 1 N–H and O–H groups in total. The summed E-state index contributed by atoms with van der Waals surface area (Å²) in [6, 6.07) is 0. The van der Waals surface area contributed by atoms with E-state index < -0.39 is 0 Å². The van der Waals surface area contributed by atoms with Gasteiger partial charge in [0, 0.05) is 17.6 Å². The third kappa shape index (κ3) is 8.05. The van der Waals surface area contributed by atoms with E-state index in [0.717, 1.165) is 37.5 Å². The highest BCUT2D eigenvalue weighted by Crippen LogP contribution is 2.26. The Bertz CT molecular complexity index is 801. The molecule has 0 aliphatic carbocycles. The Labute approximate surface area is 209 Å². The number of nitrogens with zero attached hydrogens (tertiary/aromatic N) is 4. The van der Waals surface area contributed by atoms with Crippen LogP contribution in [0.4, 0.5) is 0 Å². The summed E-state index contributed by atoms with van der Waals surface area (Å²) >= 11 is 1.30. The number of nitrogens with one attached hydrogen (secondary N) is 1. The molecule has 8 nitrogen and oxygen atoms in total. The Hall–Kier alpha value is -2.00. The van der Waals surface area contributed by atoms with Crippen molar-refractivity contribution in [1.82, 2.24) is 25.0 Å². The first kappa shape index (κ1) is 28.2. The average molecular weight is 494 g/mol. The summed E-state index contributed by atoms with van der Waals surface area (Å²) in [6.07, 6.45) is 4.37. The molecular weight excluding hydrogens is 450 g/mol. The number of thiazole rings is 1. The number of rotatable bonds is 4. The van der Waals surface area contributed by atoms with Gasteiger partial charge in [0.25, 0.3) is 5.91 Å². The van der Waals surface area contributed by atoms with Crippen LogP contribution < -0.4 is 5.32 Å². The lowest BCUT2D eigenvalue weighted by Crippen LogP contribution is -2.59. The fourth-order valence-electron chi connectivity index (χ4n) is 3.95. The molecule has 0 saturated carbocycles. The summed E-state index contributed by atoms with van der Waals surface area (Å²) in [7, 11) is 0. The van der Waals surface area contributed by atoms with Crippen molar-refractivity contribution >= 4 is 29.1 Å². The third-order valence-corrected chi connectivity index (χ3v) is 6.84. The van der Waals surface area contributed by atoms with Gasteiger partial charge in [-0.25, -0.2) is 4.98 Å². The number of amides is 3. The summed E-state index contributed by atoms with van der Waals surface area (Å²) in [6.45, 7) is 15.9. The van der Waals surface area contributed by atoms with Crippen LogP contribution in [0.25, 0.3) is 0 Å². The molecule has 3 amide bonds. The smallest absolute Gasteiger partial charge is 0.285 e. The van der Waals surface area contributed by atoms with Crippen molar-refractivity contribution in [3.63, 3.8) is 0 Å². The van der Waals surface area contributed by atoms with E-state index in [-0.39, 0.29) is 37.0 Å². The molecule has 4 heterocycles. The van der Waals surface area contributed by atoms with Gasteiger partial charge in [-0.15, -0.1) is 11.3 Å². The van der Waals surface area contributed by atoms with Crippen LogP contribution in [0.2, 0.25) is 0 Å². The zero-order chi connectivity index (χ0) is 25.3. The van der Waals surface area contributed by atoms with Gasteiger partial charge in [-0.3, -0.25) is 14.4 Å². The highest BCUT2D eigenvalue weighted by Gasteiger charge is 2.46. The quantitative estimate of drug-likeness (QED) is 0.695. The molecule has 34 heavy (non-hydrogen) atoms. The molecule has 1 unspecified atom stereocenters. The van der Waals surface area contributed by atoms with Crippen LogP contribution in [-0.4, -0.2) is 82.8 Å². The molecule has 3 saturated heterocycles. The number of aryl methyl sites for hydroxylation is 1. The van der Waals surface area contributed by atoms with Crippen LogP contribution >= 0.6 is 11.3 Å². The maximum Gasteiger partial charge on any atom is 0.285 e. The number of hydrogen-bond donors (Lipinski definition) is 1. The normalized spacial score (nSPS) is 20.6. The summed E-state index contributed by atoms with van der Waals surface area (Å²) in [5, 5.41) is 5.56. The molecule has 1 atom stereocenters. The third-order valence-electron chi connectivity index (χ3n) is 5.89. The molecule has 1 aromatic heterocycles. The number of piperidine rings is 1. The molecule has 3 aliphatic heterocycles. The summed E-state index contributed by atoms with van der Waals surface area (Å²) in [5.74, 6) is 0.911. The number of fused-ring (bicyclic) bond motifs is 1. The van der Waals surface area contributed by atoms with Crippen molar-refractivity contribution in [2.45, 2.75) is 73.4 Å². The van der Waals surface area contributed by atoms with Crippen LogP contribution in [0.1, 0.15) is 75.8 Å². The number of aromatic nitrogens is 1. The maximum atomic E-state index is 12.8. The summed E-state index contributed by atoms with van der Waals surface area (Å²) < 4.78 is 0. The number of hydrogen-bond acceptors (Lipinski definition) is 6. The lowest BCUT2D eigenvalue weighted by atomic mass is 9.97. The van der Waals surface area contributed by atoms with Crippen molar-refractivity contribution in [3.05, 3.63) is 16.1 Å². The van der Waals surface area contributed by atoms with E-state index in [1.807, 2.05) is 17.2 Å². The Morgan fingerprint density at radius 1 is 1.12 bits per heavy atom. The molecule has 9 heteroatoms. The first-order chi connectivity index (χ1) is 16.2. The average Bonchev–Trinajstić information content (AvgIpc) is 3.37. The molecule has 1 aromatic rings. The lowest BCUT2D eigenvalue weighted by Gasteiger charge is -2.41. The minimum absolute atomic E-state index is 0.0208. The maximum absolute atomic E-state index is 12.8. The van der Waals surface area contributed by atoms with E-state index in [0.29, 0.717) is 24.0 Å². The molecule has 4 rings (SSSR count). The van der Waals surface area contributed by atoms with Gasteiger partial charge in [-0.2, -0.15) is 0 Å². The zero-order valence-corrected chi connectivity index (χ0v) is 22.6. The zero-order valence-electron chi connectivity index (χ0n) is 21.8. The molecule has 0 spiro atoms. The Morgan fingerprint density at radius 2 is 1.74 bits per heavy atom. The van der Waals surface area contributed by atoms with E-state index in [2.05, 4.69) is 44.9 Å². The largest absolute Gasteiger partial charge is 0.337 e. The monoisotopic (exact) mass is 493 g/mol. The minimum Gasteiger partial charge on any atom is -0.337 e. The first-order valence-electron chi connectivity index (χ1n) is 12.7. The lowest BCUT2D eigenvalue weighted by molar-refractivity contribution is -0.146. The van der Waals surface area contributed by atoms with E-state index in [1.165, 1.54) is 24.2 Å². The number of piperazine rings is 1. The van der Waals surface area contributed by atoms with Gasteiger partial charge in [-0.05, 0) is 44.7 Å². The Kier molecular flexibility index (Phi) is 11.4. The van der Waals surface area contributed by atoms with Crippen LogP contribution in [0.15, 0.2) is 5.38 Å². The molecular formula is C25H43N5O3S. The van der Waals surface area contributed by atoms with Gasteiger partial charge < -0.3 is 20.0 Å². The van der Waals surface area contributed by atoms with E-state index >= 15 is 0 Å². The molecule has 192 valence electrons. The van der Waals surface area contributed by atoms with Crippen LogP contribution in [0.3, 0.4) is 0 Å². The number of carbonyl (C=O) groups excluding carboxylic acids is 3. The fourth-order valence-corrected chi connectivity index (χ4v) is 4.70. The molecule has 0 bridgehead atoms. The van der Waals surface area contributed by atoms with Gasteiger partial charge >= 0.3 is 0 Å². The number of carbonyl (C=O) groups is 3. The van der Waals surface area contributed by atoms with Gasteiger partial charge in [0.15, 0.2) is 5.01 Å². The second kappa shape index (κ2) is 13.8. The van der Waals surface area contributed by atoms with Crippen LogP contribution in [-0.2, 0) is 9.59 Å². The molecule has 3 aliphatic rings. The first-order valence-corrected chi connectivity index (χ1v) is 13.6. The predicted octanol–water partition coefficient (Wildman–Crippen LogP) is 3.37. The van der Waals surface area contributed by atoms with Crippen molar-refractivity contribution in [2.24, 2.45) is 11.8 Å². The fraction of sp³-hybridized carbons (Fsp3) is 0.760. The van der Waals surface area contributed by atoms with Crippen LogP contribution in [0, 0.1) is 18.8 Å². The van der Waals surface area contributed by atoms with E-state index in [1.54, 1.807) is 9.80 Å². The van der Waals surface area contributed by atoms with Gasteiger partial charge in [0.1, 0.15) is 19.3 Å². The Morgan fingerprint density at radius 3 is 2.26 bits per heavy atom. The SMILES string of the molecule is CC(C)C.CCCC.Cc1csc(C(=O)N2CC(=O)N3CC(=O)N(CC4CCNCC4)CC32)n1. The second-order valence-corrected chi connectivity index (χ2v) is 10.8. The van der Waals surface area contributed by atoms with E-state index in [9.17, 15) is 14.4 Å². The van der Waals surface area contributed by atoms with Crippen molar-refractivity contribution < 1.29 is 14.4 Å². The van der Waals surface area contributed by atoms with E-state index in [4.69, 9.17) is 0 Å². The van der Waals surface area contributed by atoms with Gasteiger partial charge in [-0.1, -0.05) is 47.5 Å². The molecule has 0 radical (unpaired) electrons. The minimum atomic E-state index is -0.376. The van der Waals surface area contributed by atoms with Crippen molar-refractivity contribution in [2.75, 3.05) is 39.3 Å². The highest BCUT2D eigenvalue weighted by atomic mass is 32.1. The molecule has 3 fully saturated rings. The standard InChI is InChI=1S/C17H23N5O3S.2C4H10/c1-11-10-26-16(19-11)17(25)22-9-15(24)21-8-14(23)20(7-13(21)22)6-12-2-4-18-5-3-12;1-4(2)3;1-3-4-2/h10,12-13,18H,2-9H2,1H3;4H,1-3H3;3-4H2,1-2H3. The predicted molar refractivity (Wildman–Crippen MR) is 137 cm³/mol. The van der Waals surface area contributed by atoms with Crippen molar-refractivity contribution in [3.8, 4) is 0 Å². The van der Waals surface area contributed by atoms with Crippen LogP contribution in [0.5, 0.6) is 0 Å². The molecule has 0 aromatic carbocycles. The second-order valence-electron chi connectivity index (χ2n) is 9.95. The highest BCUT2D eigenvalue weighted by molar-refractivity contribution is 7.11. The van der Waals surface area contributed by atoms with Gasteiger partial charge in [0.05, 0.1) is 6.54 Å². The summed E-state index contributed by atoms with van der Waals surface area (Å²) in [5.41, 5.74) is 0.798. The summed E-state index contributed by atoms with van der Waals surface area (Å²) in [4.78, 5) is 46.9. The van der Waals surface area contributed by atoms with Gasteiger partial charge in [0.2, 0.25) is 11.8 Å². The topological polar surface area (TPSA) is 85.9 Å². The van der Waals surface area contributed by atoms with Crippen molar-refractivity contribution in [1.29, 1.82) is 0 Å².